The van der Waals surface area contributed by atoms with Gasteiger partial charge < -0.3 is 4.74 Å². The van der Waals surface area contributed by atoms with Crippen molar-refractivity contribution < 1.29 is 4.74 Å². The molecule has 0 spiro atoms. The lowest BCUT2D eigenvalue weighted by molar-refractivity contribution is 0.125. The molecule has 0 rings (SSSR count). The van der Waals surface area contributed by atoms with E-state index in [-0.39, 0.29) is 0 Å². The molecule has 1 nitrogen and oxygen atoms in total. The summed E-state index contributed by atoms with van der Waals surface area (Å²) >= 11 is 0. The largest absolute Gasteiger partial charge is 0.381 e. The van der Waals surface area contributed by atoms with Crippen molar-refractivity contribution in [3.63, 3.8) is 0 Å². The molecule has 0 aliphatic rings. The van der Waals surface area contributed by atoms with E-state index in [9.17, 15) is 0 Å². The molecule has 0 saturated heterocycles. The fourth-order valence-corrected chi connectivity index (χ4v) is 4.72. The fraction of sp³-hybridized carbons (Fsp3) is 1.00. The summed E-state index contributed by atoms with van der Waals surface area (Å²) in [6.45, 7) is 6.59. The van der Waals surface area contributed by atoms with Crippen molar-refractivity contribution in [3.05, 3.63) is 0 Å². The smallest absolute Gasteiger partial charge is 0.0466 e. The normalized spacial score (nSPS) is 11.4. The maximum absolute atomic E-state index is 5.84. The Bertz CT molecular complexity index is 271. The maximum Gasteiger partial charge on any atom is 0.0466 e. The molecule has 0 bridgehead atoms. The monoisotopic (exact) mass is 452 g/mol. The molecule has 32 heavy (non-hydrogen) atoms. The zero-order valence-corrected chi connectivity index (χ0v) is 22.9. The third-order valence-electron chi connectivity index (χ3n) is 7.03. The van der Waals surface area contributed by atoms with Gasteiger partial charge in [0.15, 0.2) is 0 Å². The van der Waals surface area contributed by atoms with Crippen LogP contribution in [0.2, 0.25) is 0 Å². The lowest BCUT2D eigenvalue weighted by Crippen LogP contribution is -1.97. The van der Waals surface area contributed by atoms with Crippen LogP contribution in [0.4, 0.5) is 0 Å². The van der Waals surface area contributed by atoms with Gasteiger partial charge in [-0.2, -0.15) is 0 Å². The Hall–Kier alpha value is -0.0400. The molecule has 0 aromatic heterocycles. The molecule has 1 heteroatoms. The molecule has 0 aliphatic heterocycles. The van der Waals surface area contributed by atoms with Gasteiger partial charge >= 0.3 is 0 Å². The molecule has 0 saturated carbocycles. The summed E-state index contributed by atoms with van der Waals surface area (Å²) < 4.78 is 5.84. The van der Waals surface area contributed by atoms with E-state index in [1.165, 1.54) is 173 Å². The molecule has 0 atom stereocenters. The van der Waals surface area contributed by atoms with Crippen LogP contribution in [0.1, 0.15) is 187 Å². The van der Waals surface area contributed by atoms with E-state index < -0.39 is 0 Å². The molecule has 194 valence electrons. The molecule has 0 aromatic rings. The van der Waals surface area contributed by atoms with Gasteiger partial charge in [0.05, 0.1) is 0 Å². The minimum atomic E-state index is 0.996. The van der Waals surface area contributed by atoms with E-state index in [0.29, 0.717) is 0 Å². The summed E-state index contributed by atoms with van der Waals surface area (Å²) in [7, 11) is 0. The van der Waals surface area contributed by atoms with E-state index in [0.717, 1.165) is 13.2 Å². The minimum Gasteiger partial charge on any atom is -0.381 e. The summed E-state index contributed by atoms with van der Waals surface area (Å²) in [5.41, 5.74) is 0. The molecule has 0 amide bonds. The van der Waals surface area contributed by atoms with E-state index in [4.69, 9.17) is 4.74 Å². The van der Waals surface area contributed by atoms with Crippen LogP contribution >= 0.6 is 0 Å². The lowest BCUT2D eigenvalue weighted by Gasteiger charge is -2.05. The van der Waals surface area contributed by atoms with Crippen molar-refractivity contribution in [2.24, 2.45) is 0 Å². The molecule has 0 aromatic carbocycles. The molecule has 0 fully saturated rings. The van der Waals surface area contributed by atoms with Crippen LogP contribution in [-0.2, 0) is 4.74 Å². The van der Waals surface area contributed by atoms with E-state index >= 15 is 0 Å². The van der Waals surface area contributed by atoms with Crippen LogP contribution in [0.25, 0.3) is 0 Å². The van der Waals surface area contributed by atoms with Gasteiger partial charge in [0.2, 0.25) is 0 Å². The third-order valence-corrected chi connectivity index (χ3v) is 7.03. The third kappa shape index (κ3) is 30.0. The van der Waals surface area contributed by atoms with Gasteiger partial charge in [0.1, 0.15) is 0 Å². The van der Waals surface area contributed by atoms with Gasteiger partial charge in [-0.3, -0.25) is 0 Å². The van der Waals surface area contributed by atoms with E-state index in [2.05, 4.69) is 13.8 Å². The van der Waals surface area contributed by atoms with Crippen LogP contribution in [0.15, 0.2) is 0 Å². The zero-order valence-electron chi connectivity index (χ0n) is 22.9. The standard InChI is InChI=1S/C31H64O/c1-3-5-7-9-11-13-15-17-18-19-21-23-25-27-29-31-32-30-28-26-24-22-20-16-14-12-10-8-6-4-2/h3-31H2,1-2H3. The van der Waals surface area contributed by atoms with Crippen molar-refractivity contribution in [2.75, 3.05) is 13.2 Å². The van der Waals surface area contributed by atoms with E-state index in [1.807, 2.05) is 0 Å². The minimum absolute atomic E-state index is 0.996. The van der Waals surface area contributed by atoms with Gasteiger partial charge in [-0.05, 0) is 12.8 Å². The highest BCUT2D eigenvalue weighted by atomic mass is 16.5. The highest BCUT2D eigenvalue weighted by molar-refractivity contribution is 4.51. The summed E-state index contributed by atoms with van der Waals surface area (Å²) in [5.74, 6) is 0. The molecule has 0 N–H and O–H groups in total. The molecular formula is C31H64O. The van der Waals surface area contributed by atoms with Crippen LogP contribution in [0, 0.1) is 0 Å². The second-order valence-corrected chi connectivity index (χ2v) is 10.5. The number of unbranched alkanes of at least 4 members (excludes halogenated alkanes) is 25. The van der Waals surface area contributed by atoms with Gasteiger partial charge in [0.25, 0.3) is 0 Å². The first kappa shape index (κ1) is 32.0. The van der Waals surface area contributed by atoms with Crippen LogP contribution in [0.5, 0.6) is 0 Å². The average Bonchev–Trinajstić information content (AvgIpc) is 2.81. The predicted octanol–water partition coefficient (Wildman–Crippen LogP) is 11.6. The first-order chi connectivity index (χ1) is 15.9. The summed E-state index contributed by atoms with van der Waals surface area (Å²) in [4.78, 5) is 0. The number of ether oxygens (including phenoxy) is 1. The Balaban J connectivity index is 2.98. The maximum atomic E-state index is 5.84. The van der Waals surface area contributed by atoms with Gasteiger partial charge in [-0.1, -0.05) is 174 Å². The number of hydrogen-bond acceptors (Lipinski definition) is 1. The van der Waals surface area contributed by atoms with Gasteiger partial charge in [-0.25, -0.2) is 0 Å². The Morgan fingerprint density at radius 2 is 0.438 bits per heavy atom. The number of hydrogen-bond donors (Lipinski definition) is 0. The Morgan fingerprint density at radius 3 is 0.656 bits per heavy atom. The average molecular weight is 453 g/mol. The number of rotatable bonds is 29. The summed E-state index contributed by atoms with van der Waals surface area (Å²) in [6.07, 6.45) is 38.6. The SMILES string of the molecule is CCCCCCCCCCCCCCCCCOCCCCCCCCCCCCCC. The summed E-state index contributed by atoms with van der Waals surface area (Å²) in [6, 6.07) is 0. The lowest BCUT2D eigenvalue weighted by atomic mass is 10.0. The van der Waals surface area contributed by atoms with Crippen LogP contribution < -0.4 is 0 Å². The summed E-state index contributed by atoms with van der Waals surface area (Å²) in [5, 5.41) is 0. The van der Waals surface area contributed by atoms with Gasteiger partial charge in [-0.15, -0.1) is 0 Å². The van der Waals surface area contributed by atoms with Crippen LogP contribution in [0.3, 0.4) is 0 Å². The first-order valence-electron chi connectivity index (χ1n) is 15.5. The van der Waals surface area contributed by atoms with Crippen molar-refractivity contribution in [2.45, 2.75) is 187 Å². The predicted molar refractivity (Wildman–Crippen MR) is 147 cm³/mol. The van der Waals surface area contributed by atoms with Crippen molar-refractivity contribution in [1.29, 1.82) is 0 Å². The van der Waals surface area contributed by atoms with Crippen molar-refractivity contribution >= 4 is 0 Å². The Labute approximate surface area is 205 Å². The van der Waals surface area contributed by atoms with Gasteiger partial charge in [0, 0.05) is 13.2 Å². The quantitative estimate of drug-likeness (QED) is 0.102. The molecule has 0 unspecified atom stereocenters. The zero-order chi connectivity index (χ0) is 23.2. The first-order valence-corrected chi connectivity index (χ1v) is 15.5. The van der Waals surface area contributed by atoms with Crippen molar-refractivity contribution in [3.8, 4) is 0 Å². The molecule has 0 aliphatic carbocycles. The topological polar surface area (TPSA) is 9.23 Å². The second-order valence-electron chi connectivity index (χ2n) is 10.5. The Morgan fingerprint density at radius 1 is 0.250 bits per heavy atom. The highest BCUT2D eigenvalue weighted by Gasteiger charge is 1.96. The Kier molecular flexibility index (Phi) is 30.9. The second kappa shape index (κ2) is 31.0. The fourth-order valence-electron chi connectivity index (χ4n) is 4.72. The van der Waals surface area contributed by atoms with Crippen LogP contribution in [-0.4, -0.2) is 13.2 Å². The molecule has 0 radical (unpaired) electrons. The molecular weight excluding hydrogens is 388 g/mol. The van der Waals surface area contributed by atoms with Crippen molar-refractivity contribution in [1.82, 2.24) is 0 Å². The van der Waals surface area contributed by atoms with E-state index in [1.54, 1.807) is 0 Å². The highest BCUT2D eigenvalue weighted by Crippen LogP contribution is 2.14. The molecule has 0 heterocycles.